The van der Waals surface area contributed by atoms with Gasteiger partial charge in [0.05, 0.1) is 6.61 Å². The highest BCUT2D eigenvalue weighted by Crippen LogP contribution is 2.21. The van der Waals surface area contributed by atoms with E-state index in [1.54, 1.807) is 12.1 Å². The number of carbonyl (C=O) groups is 1. The Balaban J connectivity index is 1.26. The van der Waals surface area contributed by atoms with Gasteiger partial charge in [0, 0.05) is 29.7 Å². The van der Waals surface area contributed by atoms with Crippen molar-refractivity contribution in [2.75, 3.05) is 39.4 Å². The number of rotatable bonds is 10. The van der Waals surface area contributed by atoms with Crippen LogP contribution >= 0.6 is 23.2 Å². The Labute approximate surface area is 188 Å². The van der Waals surface area contributed by atoms with Gasteiger partial charge < -0.3 is 19.7 Å². The summed E-state index contributed by atoms with van der Waals surface area (Å²) in [5.41, 5.74) is 0.930. The largest absolute Gasteiger partial charge is 0.494 e. The van der Waals surface area contributed by atoms with Crippen LogP contribution in [0.2, 0.25) is 10.0 Å². The van der Waals surface area contributed by atoms with Crippen LogP contribution in [-0.4, -0.2) is 50.2 Å². The van der Waals surface area contributed by atoms with Crippen molar-refractivity contribution in [3.63, 3.8) is 0 Å². The van der Waals surface area contributed by atoms with Gasteiger partial charge in [0.2, 0.25) is 0 Å². The summed E-state index contributed by atoms with van der Waals surface area (Å²) < 4.78 is 11.3. The van der Waals surface area contributed by atoms with Gasteiger partial charge in [-0.3, -0.25) is 4.79 Å². The lowest BCUT2D eigenvalue weighted by molar-refractivity contribution is -0.123. The molecule has 0 bridgehead atoms. The monoisotopic (exact) mass is 450 g/mol. The first-order chi connectivity index (χ1) is 14.5. The SMILES string of the molecule is Cc1cc(OCC(=O)NCC2CCN(CCCOc3ccc(Cl)cc3)C2)ccc1Cl. The minimum Gasteiger partial charge on any atom is -0.494 e. The number of amides is 1. The molecule has 0 aliphatic carbocycles. The third-order valence-corrected chi connectivity index (χ3v) is 5.83. The highest BCUT2D eigenvalue weighted by atomic mass is 35.5. The minimum absolute atomic E-state index is 0.0134. The van der Waals surface area contributed by atoms with Crippen molar-refractivity contribution in [1.29, 1.82) is 0 Å². The Kier molecular flexibility index (Phi) is 8.67. The van der Waals surface area contributed by atoms with Gasteiger partial charge in [0.15, 0.2) is 6.61 Å². The molecule has 2 aromatic carbocycles. The van der Waals surface area contributed by atoms with Crippen LogP contribution in [0.4, 0.5) is 0 Å². The van der Waals surface area contributed by atoms with E-state index in [2.05, 4.69) is 10.2 Å². The van der Waals surface area contributed by atoms with Crippen molar-refractivity contribution in [1.82, 2.24) is 10.2 Å². The van der Waals surface area contributed by atoms with Crippen LogP contribution in [0.25, 0.3) is 0 Å². The fraction of sp³-hybridized carbons (Fsp3) is 0.435. The van der Waals surface area contributed by atoms with Crippen LogP contribution in [-0.2, 0) is 4.79 Å². The third kappa shape index (κ3) is 7.38. The summed E-state index contributed by atoms with van der Waals surface area (Å²) in [4.78, 5) is 14.5. The first kappa shape index (κ1) is 22.7. The molecule has 0 saturated carbocycles. The molecule has 1 aliphatic heterocycles. The maximum atomic E-state index is 12.1. The summed E-state index contributed by atoms with van der Waals surface area (Å²) in [5.74, 6) is 1.87. The molecular weight excluding hydrogens is 423 g/mol. The van der Waals surface area contributed by atoms with Gasteiger partial charge in [-0.2, -0.15) is 0 Å². The lowest BCUT2D eigenvalue weighted by Gasteiger charge is -2.16. The molecule has 1 saturated heterocycles. The summed E-state index contributed by atoms with van der Waals surface area (Å²) in [6.45, 7) is 6.34. The lowest BCUT2D eigenvalue weighted by atomic mass is 10.1. The number of aryl methyl sites for hydroxylation is 1. The van der Waals surface area contributed by atoms with Crippen LogP contribution in [0, 0.1) is 12.8 Å². The number of ether oxygens (including phenoxy) is 2. The van der Waals surface area contributed by atoms with Gasteiger partial charge in [0.25, 0.3) is 5.91 Å². The van der Waals surface area contributed by atoms with E-state index >= 15 is 0 Å². The number of carbonyl (C=O) groups excluding carboxylic acids is 1. The van der Waals surface area contributed by atoms with Crippen LogP contribution in [0.15, 0.2) is 42.5 Å². The molecule has 3 rings (SSSR count). The summed E-state index contributed by atoms with van der Waals surface area (Å²) in [5, 5.41) is 4.38. The van der Waals surface area contributed by atoms with Gasteiger partial charge in [-0.05, 0) is 80.3 Å². The lowest BCUT2D eigenvalue weighted by Crippen LogP contribution is -2.34. The summed E-state index contributed by atoms with van der Waals surface area (Å²) >= 11 is 11.9. The van der Waals surface area contributed by atoms with E-state index in [1.807, 2.05) is 37.3 Å². The van der Waals surface area contributed by atoms with Crippen molar-refractivity contribution < 1.29 is 14.3 Å². The first-order valence-corrected chi connectivity index (χ1v) is 11.0. The van der Waals surface area contributed by atoms with E-state index in [1.165, 1.54) is 0 Å². The second kappa shape index (κ2) is 11.4. The Bertz CT molecular complexity index is 830. The van der Waals surface area contributed by atoms with E-state index in [0.29, 0.717) is 34.9 Å². The van der Waals surface area contributed by atoms with E-state index in [0.717, 1.165) is 43.8 Å². The molecule has 5 nitrogen and oxygen atoms in total. The number of benzene rings is 2. The average Bonchev–Trinajstić information content (AvgIpc) is 3.19. The molecule has 30 heavy (non-hydrogen) atoms. The van der Waals surface area contributed by atoms with Gasteiger partial charge in [-0.1, -0.05) is 23.2 Å². The van der Waals surface area contributed by atoms with Gasteiger partial charge >= 0.3 is 0 Å². The number of nitrogens with one attached hydrogen (secondary N) is 1. The Morgan fingerprint density at radius 1 is 1.13 bits per heavy atom. The molecule has 162 valence electrons. The molecule has 7 heteroatoms. The van der Waals surface area contributed by atoms with Crippen molar-refractivity contribution in [2.24, 2.45) is 5.92 Å². The molecule has 1 atom stereocenters. The van der Waals surface area contributed by atoms with Crippen molar-refractivity contribution in [3.8, 4) is 11.5 Å². The molecule has 1 N–H and O–H groups in total. The predicted molar refractivity (Wildman–Crippen MR) is 121 cm³/mol. The van der Waals surface area contributed by atoms with Crippen LogP contribution in [0.5, 0.6) is 11.5 Å². The quantitative estimate of drug-likeness (QED) is 0.537. The second-order valence-corrected chi connectivity index (χ2v) is 8.46. The molecule has 1 fully saturated rings. The number of hydrogen-bond acceptors (Lipinski definition) is 4. The van der Waals surface area contributed by atoms with Gasteiger partial charge in [0.1, 0.15) is 11.5 Å². The Morgan fingerprint density at radius 3 is 2.67 bits per heavy atom. The molecule has 1 amide bonds. The van der Waals surface area contributed by atoms with Gasteiger partial charge in [-0.15, -0.1) is 0 Å². The van der Waals surface area contributed by atoms with E-state index in [-0.39, 0.29) is 12.5 Å². The van der Waals surface area contributed by atoms with Crippen molar-refractivity contribution in [2.45, 2.75) is 19.8 Å². The van der Waals surface area contributed by atoms with Crippen LogP contribution in [0.1, 0.15) is 18.4 Å². The molecule has 0 aromatic heterocycles. The molecule has 1 aliphatic rings. The second-order valence-electron chi connectivity index (χ2n) is 7.61. The zero-order valence-electron chi connectivity index (χ0n) is 17.2. The topological polar surface area (TPSA) is 50.8 Å². The van der Waals surface area contributed by atoms with Crippen molar-refractivity contribution in [3.05, 3.63) is 58.1 Å². The van der Waals surface area contributed by atoms with Crippen LogP contribution in [0.3, 0.4) is 0 Å². The molecule has 1 heterocycles. The number of hydrogen-bond donors (Lipinski definition) is 1. The molecular formula is C23H28Cl2N2O3. The van der Waals surface area contributed by atoms with E-state index in [4.69, 9.17) is 32.7 Å². The van der Waals surface area contributed by atoms with Crippen molar-refractivity contribution >= 4 is 29.1 Å². The molecule has 0 spiro atoms. The summed E-state index contributed by atoms with van der Waals surface area (Å²) in [7, 11) is 0. The maximum Gasteiger partial charge on any atom is 0.257 e. The smallest absolute Gasteiger partial charge is 0.257 e. The number of likely N-dealkylation sites (tertiary alicyclic amines) is 1. The average molecular weight is 451 g/mol. The Hall–Kier alpha value is -1.95. The first-order valence-electron chi connectivity index (χ1n) is 10.3. The standard InChI is InChI=1S/C23H28Cl2N2O3/c1-17-13-21(7-8-22(17)25)30-16-23(28)26-14-18-9-11-27(15-18)10-2-12-29-20-5-3-19(24)4-6-20/h3-8,13,18H,2,9-12,14-16H2,1H3,(H,26,28). The zero-order valence-corrected chi connectivity index (χ0v) is 18.7. The third-order valence-electron chi connectivity index (χ3n) is 5.16. The summed E-state index contributed by atoms with van der Waals surface area (Å²) in [6, 6.07) is 12.8. The Morgan fingerprint density at radius 2 is 1.90 bits per heavy atom. The maximum absolute atomic E-state index is 12.1. The zero-order chi connectivity index (χ0) is 21.3. The van der Waals surface area contributed by atoms with Crippen LogP contribution < -0.4 is 14.8 Å². The number of halogens is 2. The fourth-order valence-corrected chi connectivity index (χ4v) is 3.70. The molecule has 0 radical (unpaired) electrons. The van der Waals surface area contributed by atoms with E-state index < -0.39 is 0 Å². The molecule has 2 aromatic rings. The normalized spacial score (nSPS) is 16.4. The highest BCUT2D eigenvalue weighted by Gasteiger charge is 2.22. The molecule has 1 unspecified atom stereocenters. The highest BCUT2D eigenvalue weighted by molar-refractivity contribution is 6.31. The fourth-order valence-electron chi connectivity index (χ4n) is 3.46. The van der Waals surface area contributed by atoms with E-state index in [9.17, 15) is 4.79 Å². The summed E-state index contributed by atoms with van der Waals surface area (Å²) in [6.07, 6.45) is 2.06. The number of nitrogens with zero attached hydrogens (tertiary/aromatic N) is 1. The van der Waals surface area contributed by atoms with Gasteiger partial charge in [-0.25, -0.2) is 0 Å². The minimum atomic E-state index is -0.0996. The predicted octanol–water partition coefficient (Wildman–Crippen LogP) is 4.59.